The molecule has 0 unspecified atom stereocenters. The summed E-state index contributed by atoms with van der Waals surface area (Å²) in [6.07, 6.45) is 0. The van der Waals surface area contributed by atoms with Gasteiger partial charge in [0.2, 0.25) is 0 Å². The number of benzene rings is 1. The lowest BCUT2D eigenvalue weighted by molar-refractivity contribution is 0.477. The third kappa shape index (κ3) is 1.16. The molecule has 2 nitrogen and oxygen atoms in total. The van der Waals surface area contributed by atoms with Gasteiger partial charge in [0.1, 0.15) is 5.75 Å². The van der Waals surface area contributed by atoms with E-state index in [1.54, 1.807) is 18.2 Å². The second-order valence-corrected chi connectivity index (χ2v) is 2.53. The van der Waals surface area contributed by atoms with Crippen LogP contribution in [0.3, 0.4) is 0 Å². The van der Waals surface area contributed by atoms with Gasteiger partial charge >= 0.3 is 0 Å². The number of halogens is 1. The molecule has 0 atom stereocenters. The Labute approximate surface area is 61.4 Å². The van der Waals surface area contributed by atoms with E-state index in [1.807, 2.05) is 0 Å². The largest absolute Gasteiger partial charge is 0.506 e. The Hall–Kier alpha value is -0.700. The molecule has 3 N–H and O–H groups in total. The fourth-order valence-electron chi connectivity index (χ4n) is 0.526. The molecule has 0 aliphatic rings. The summed E-state index contributed by atoms with van der Waals surface area (Å²) in [6, 6.07) is 5.03. The number of anilines is 1. The minimum Gasteiger partial charge on any atom is -0.506 e. The SMILES string of the molecule is Nc1c(O)cccc1Br. The number of para-hydroxylation sites is 1. The van der Waals surface area contributed by atoms with Crippen molar-refractivity contribution in [1.29, 1.82) is 0 Å². The summed E-state index contributed by atoms with van der Waals surface area (Å²) in [7, 11) is 0. The number of nitrogen functional groups attached to an aromatic ring is 1. The van der Waals surface area contributed by atoms with Crippen molar-refractivity contribution in [2.45, 2.75) is 0 Å². The molecule has 0 bridgehead atoms. The van der Waals surface area contributed by atoms with Crippen molar-refractivity contribution in [2.24, 2.45) is 0 Å². The van der Waals surface area contributed by atoms with Crippen molar-refractivity contribution in [3.63, 3.8) is 0 Å². The molecule has 0 saturated carbocycles. The van der Waals surface area contributed by atoms with Gasteiger partial charge in [0.25, 0.3) is 0 Å². The van der Waals surface area contributed by atoms with Gasteiger partial charge in [-0.3, -0.25) is 0 Å². The molecular formula is C6H6BrNO. The van der Waals surface area contributed by atoms with Crippen LogP contribution in [0.1, 0.15) is 0 Å². The molecule has 1 aromatic carbocycles. The standard InChI is InChI=1S/C6H6BrNO/c7-4-2-1-3-5(9)6(4)8/h1-3,9H,8H2. The Balaban J connectivity index is 3.25. The minimum atomic E-state index is 0.115. The normalized spacial score (nSPS) is 9.44. The third-order valence-electron chi connectivity index (χ3n) is 1.03. The first-order valence-electron chi connectivity index (χ1n) is 2.45. The molecule has 0 spiro atoms. The smallest absolute Gasteiger partial charge is 0.139 e. The Kier molecular flexibility index (Phi) is 1.62. The van der Waals surface area contributed by atoms with E-state index in [-0.39, 0.29) is 5.75 Å². The van der Waals surface area contributed by atoms with E-state index in [4.69, 9.17) is 10.8 Å². The molecule has 0 heterocycles. The van der Waals surface area contributed by atoms with E-state index in [0.717, 1.165) is 4.47 Å². The fourth-order valence-corrected chi connectivity index (χ4v) is 0.881. The minimum absolute atomic E-state index is 0.115. The summed E-state index contributed by atoms with van der Waals surface area (Å²) in [5, 5.41) is 8.95. The van der Waals surface area contributed by atoms with Crippen LogP contribution in [-0.2, 0) is 0 Å². The van der Waals surface area contributed by atoms with Gasteiger partial charge < -0.3 is 10.8 Å². The first-order chi connectivity index (χ1) is 4.22. The van der Waals surface area contributed by atoms with E-state index < -0.39 is 0 Å². The summed E-state index contributed by atoms with van der Waals surface area (Å²) >= 11 is 3.16. The maximum absolute atomic E-state index is 8.95. The van der Waals surface area contributed by atoms with Crippen LogP contribution in [0.15, 0.2) is 22.7 Å². The molecule has 0 saturated heterocycles. The molecule has 0 amide bonds. The highest BCUT2D eigenvalue weighted by Gasteiger charge is 1.97. The number of phenolic OH excluding ortho intramolecular Hbond substituents is 1. The highest BCUT2D eigenvalue weighted by atomic mass is 79.9. The summed E-state index contributed by atoms with van der Waals surface area (Å²) in [6.45, 7) is 0. The monoisotopic (exact) mass is 187 g/mol. The number of phenols is 1. The highest BCUT2D eigenvalue weighted by molar-refractivity contribution is 9.10. The van der Waals surface area contributed by atoms with E-state index >= 15 is 0 Å². The first kappa shape index (κ1) is 6.42. The van der Waals surface area contributed by atoms with Crippen LogP contribution < -0.4 is 5.73 Å². The van der Waals surface area contributed by atoms with Crippen LogP contribution in [0.4, 0.5) is 5.69 Å². The Morgan fingerprint density at radius 3 is 2.56 bits per heavy atom. The number of hydrogen-bond acceptors (Lipinski definition) is 2. The van der Waals surface area contributed by atoms with Crippen molar-refractivity contribution in [3.05, 3.63) is 22.7 Å². The second kappa shape index (κ2) is 2.27. The van der Waals surface area contributed by atoms with Gasteiger partial charge in [-0.25, -0.2) is 0 Å². The number of hydrogen-bond donors (Lipinski definition) is 2. The molecule has 0 radical (unpaired) electrons. The predicted octanol–water partition coefficient (Wildman–Crippen LogP) is 1.74. The fraction of sp³-hybridized carbons (Fsp3) is 0. The number of rotatable bonds is 0. The average molecular weight is 188 g/mol. The Bertz CT molecular complexity index is 204. The second-order valence-electron chi connectivity index (χ2n) is 1.67. The zero-order valence-corrected chi connectivity index (χ0v) is 6.22. The Morgan fingerprint density at radius 1 is 1.44 bits per heavy atom. The van der Waals surface area contributed by atoms with Crippen molar-refractivity contribution in [3.8, 4) is 5.75 Å². The maximum atomic E-state index is 8.95. The van der Waals surface area contributed by atoms with Crippen molar-refractivity contribution in [1.82, 2.24) is 0 Å². The molecule has 0 fully saturated rings. The van der Waals surface area contributed by atoms with E-state index in [2.05, 4.69) is 15.9 Å². The lowest BCUT2D eigenvalue weighted by atomic mass is 10.3. The van der Waals surface area contributed by atoms with Crippen LogP contribution in [0.2, 0.25) is 0 Å². The highest BCUT2D eigenvalue weighted by Crippen LogP contribution is 2.27. The van der Waals surface area contributed by atoms with Crippen LogP contribution in [0.5, 0.6) is 5.75 Å². The van der Waals surface area contributed by atoms with Crippen molar-refractivity contribution < 1.29 is 5.11 Å². The lowest BCUT2D eigenvalue weighted by Gasteiger charge is -1.97. The van der Waals surface area contributed by atoms with Crippen LogP contribution in [-0.4, -0.2) is 5.11 Å². The van der Waals surface area contributed by atoms with Crippen LogP contribution in [0, 0.1) is 0 Å². The lowest BCUT2D eigenvalue weighted by Crippen LogP contribution is -1.85. The number of aromatic hydroxyl groups is 1. The molecule has 0 aromatic heterocycles. The van der Waals surface area contributed by atoms with Gasteiger partial charge in [-0.1, -0.05) is 6.07 Å². The summed E-state index contributed by atoms with van der Waals surface area (Å²) < 4.78 is 0.725. The van der Waals surface area contributed by atoms with Crippen molar-refractivity contribution >= 4 is 21.6 Å². The van der Waals surface area contributed by atoms with E-state index in [1.165, 1.54) is 0 Å². The van der Waals surface area contributed by atoms with Gasteiger partial charge in [-0.15, -0.1) is 0 Å². The number of nitrogens with two attached hydrogens (primary N) is 1. The van der Waals surface area contributed by atoms with E-state index in [0.29, 0.717) is 5.69 Å². The zero-order chi connectivity index (χ0) is 6.85. The zero-order valence-electron chi connectivity index (χ0n) is 4.63. The summed E-state index contributed by atoms with van der Waals surface area (Å²) in [5.41, 5.74) is 5.77. The quantitative estimate of drug-likeness (QED) is 0.481. The van der Waals surface area contributed by atoms with Gasteiger partial charge in [-0.2, -0.15) is 0 Å². The predicted molar refractivity (Wildman–Crippen MR) is 40.2 cm³/mol. The van der Waals surface area contributed by atoms with E-state index in [9.17, 15) is 0 Å². The molecular weight excluding hydrogens is 182 g/mol. The molecule has 1 aromatic rings. The van der Waals surface area contributed by atoms with Crippen molar-refractivity contribution in [2.75, 3.05) is 5.73 Å². The average Bonchev–Trinajstić information content (AvgIpc) is 1.83. The maximum Gasteiger partial charge on any atom is 0.139 e. The van der Waals surface area contributed by atoms with Crippen LogP contribution in [0.25, 0.3) is 0 Å². The first-order valence-corrected chi connectivity index (χ1v) is 3.24. The molecule has 1 rings (SSSR count). The van der Waals surface area contributed by atoms with Gasteiger partial charge in [0, 0.05) is 4.47 Å². The van der Waals surface area contributed by atoms with Gasteiger partial charge in [-0.05, 0) is 28.1 Å². The van der Waals surface area contributed by atoms with Gasteiger partial charge in [0.15, 0.2) is 0 Å². The Morgan fingerprint density at radius 2 is 2.11 bits per heavy atom. The van der Waals surface area contributed by atoms with Gasteiger partial charge in [0.05, 0.1) is 5.69 Å². The topological polar surface area (TPSA) is 46.2 Å². The molecule has 3 heteroatoms. The molecule has 9 heavy (non-hydrogen) atoms. The summed E-state index contributed by atoms with van der Waals surface area (Å²) in [5.74, 6) is 0.115. The molecule has 48 valence electrons. The third-order valence-corrected chi connectivity index (χ3v) is 1.72. The van der Waals surface area contributed by atoms with Crippen LogP contribution >= 0.6 is 15.9 Å². The molecule has 0 aliphatic heterocycles. The summed E-state index contributed by atoms with van der Waals surface area (Å²) in [4.78, 5) is 0. The molecule has 0 aliphatic carbocycles.